The number of rotatable bonds is 8. The summed E-state index contributed by atoms with van der Waals surface area (Å²) in [5.74, 6) is 1.92. The number of amides is 2. The Balaban J connectivity index is 1.18. The Morgan fingerprint density at radius 3 is 2.25 bits per heavy atom. The molecule has 2 atom stereocenters. The largest absolute Gasteiger partial charge is 0.357 e. The van der Waals surface area contributed by atoms with Crippen LogP contribution in [0.5, 0.6) is 0 Å². The van der Waals surface area contributed by atoms with Crippen LogP contribution in [-0.4, -0.2) is 85.5 Å². The van der Waals surface area contributed by atoms with E-state index in [1.54, 1.807) is 0 Å². The standard InChI is InChI=1S/C24H42N6O2/c1-2-25-24(28-21-8-4-7-19(17-21)22(31)27-20-9-10-20)26-11-12-29-13-15-30(16-14-29)23(32)18-5-3-6-18/h18-21H,2-17H2,1H3,(H,27,31)(H2,25,26,28). The molecule has 4 rings (SSSR count). The molecule has 32 heavy (non-hydrogen) atoms. The SMILES string of the molecule is CCNC(=NCCN1CCN(C(=O)C2CCC2)CC1)NC1CCCC(C(=O)NC2CC2)C1. The predicted molar refractivity (Wildman–Crippen MR) is 126 cm³/mol. The molecule has 3 saturated carbocycles. The van der Waals surface area contributed by atoms with Gasteiger partial charge in [-0.05, 0) is 51.9 Å². The Morgan fingerprint density at radius 1 is 0.875 bits per heavy atom. The van der Waals surface area contributed by atoms with Gasteiger partial charge >= 0.3 is 0 Å². The molecule has 8 nitrogen and oxygen atoms in total. The van der Waals surface area contributed by atoms with Crippen LogP contribution in [0.25, 0.3) is 0 Å². The van der Waals surface area contributed by atoms with Gasteiger partial charge in [-0.3, -0.25) is 19.5 Å². The van der Waals surface area contributed by atoms with E-state index < -0.39 is 0 Å². The Hall–Kier alpha value is -1.83. The van der Waals surface area contributed by atoms with Crippen molar-refractivity contribution in [3.8, 4) is 0 Å². The molecule has 1 saturated heterocycles. The molecule has 2 unspecified atom stereocenters. The predicted octanol–water partition coefficient (Wildman–Crippen LogP) is 1.32. The van der Waals surface area contributed by atoms with E-state index in [0.717, 1.165) is 103 Å². The van der Waals surface area contributed by atoms with E-state index in [9.17, 15) is 9.59 Å². The van der Waals surface area contributed by atoms with Gasteiger partial charge in [-0.1, -0.05) is 12.8 Å². The first-order valence-corrected chi connectivity index (χ1v) is 13.0. The second-order valence-electron chi connectivity index (χ2n) is 10.0. The van der Waals surface area contributed by atoms with Crippen LogP contribution < -0.4 is 16.0 Å². The van der Waals surface area contributed by atoms with Gasteiger partial charge in [0.25, 0.3) is 0 Å². The van der Waals surface area contributed by atoms with Crippen molar-refractivity contribution in [1.82, 2.24) is 25.8 Å². The number of hydrogen-bond donors (Lipinski definition) is 3. The molecule has 0 aromatic rings. The molecule has 0 spiro atoms. The van der Waals surface area contributed by atoms with Gasteiger partial charge in [-0.25, -0.2) is 0 Å². The lowest BCUT2D eigenvalue weighted by molar-refractivity contribution is -0.139. The molecule has 0 bridgehead atoms. The molecule has 2 amide bonds. The van der Waals surface area contributed by atoms with E-state index in [1.807, 2.05) is 0 Å². The van der Waals surface area contributed by atoms with Crippen LogP contribution in [0, 0.1) is 11.8 Å². The summed E-state index contributed by atoms with van der Waals surface area (Å²) in [5, 5.41) is 10.1. The lowest BCUT2D eigenvalue weighted by Crippen LogP contribution is -2.51. The van der Waals surface area contributed by atoms with Crippen molar-refractivity contribution < 1.29 is 9.59 Å². The van der Waals surface area contributed by atoms with Crippen molar-refractivity contribution in [2.75, 3.05) is 45.8 Å². The fraction of sp³-hybridized carbons (Fsp3) is 0.875. The van der Waals surface area contributed by atoms with E-state index >= 15 is 0 Å². The number of nitrogens with one attached hydrogen (secondary N) is 3. The van der Waals surface area contributed by atoms with Crippen molar-refractivity contribution in [3.05, 3.63) is 0 Å². The lowest BCUT2D eigenvalue weighted by atomic mass is 9.84. The highest BCUT2D eigenvalue weighted by Crippen LogP contribution is 2.29. The number of piperazine rings is 1. The van der Waals surface area contributed by atoms with Gasteiger partial charge in [0.15, 0.2) is 5.96 Å². The summed E-state index contributed by atoms with van der Waals surface area (Å²) in [6, 6.07) is 0.741. The zero-order valence-electron chi connectivity index (χ0n) is 19.8. The van der Waals surface area contributed by atoms with Crippen LogP contribution in [0.3, 0.4) is 0 Å². The van der Waals surface area contributed by atoms with Crippen LogP contribution in [0.15, 0.2) is 4.99 Å². The van der Waals surface area contributed by atoms with E-state index in [0.29, 0.717) is 23.9 Å². The first kappa shape index (κ1) is 23.3. The van der Waals surface area contributed by atoms with Crippen LogP contribution in [0.2, 0.25) is 0 Å². The fourth-order valence-corrected chi connectivity index (χ4v) is 5.03. The van der Waals surface area contributed by atoms with Gasteiger partial charge in [0.1, 0.15) is 0 Å². The average molecular weight is 447 g/mol. The van der Waals surface area contributed by atoms with E-state index in [4.69, 9.17) is 4.99 Å². The Morgan fingerprint density at radius 2 is 1.59 bits per heavy atom. The maximum Gasteiger partial charge on any atom is 0.225 e. The van der Waals surface area contributed by atoms with E-state index in [2.05, 4.69) is 32.7 Å². The Bertz CT molecular complexity index is 667. The zero-order chi connectivity index (χ0) is 22.3. The van der Waals surface area contributed by atoms with Gasteiger partial charge in [0.2, 0.25) is 11.8 Å². The summed E-state index contributed by atoms with van der Waals surface area (Å²) in [5.41, 5.74) is 0. The van der Waals surface area contributed by atoms with Crippen LogP contribution in [-0.2, 0) is 9.59 Å². The highest BCUT2D eigenvalue weighted by Gasteiger charge is 2.32. The molecule has 3 N–H and O–H groups in total. The van der Waals surface area contributed by atoms with Crippen molar-refractivity contribution in [3.63, 3.8) is 0 Å². The number of hydrogen-bond acceptors (Lipinski definition) is 4. The Labute approximate surface area is 192 Å². The number of carbonyl (C=O) groups is 2. The van der Waals surface area contributed by atoms with Gasteiger partial charge in [0.05, 0.1) is 6.54 Å². The van der Waals surface area contributed by atoms with Crippen LogP contribution in [0.1, 0.15) is 64.7 Å². The number of aliphatic imine (C=N–C) groups is 1. The molecule has 8 heteroatoms. The summed E-state index contributed by atoms with van der Waals surface area (Å²) in [7, 11) is 0. The minimum Gasteiger partial charge on any atom is -0.357 e. The number of carbonyl (C=O) groups excluding carboxylic acids is 2. The maximum atomic E-state index is 12.5. The summed E-state index contributed by atoms with van der Waals surface area (Å²) >= 11 is 0. The van der Waals surface area contributed by atoms with E-state index in [-0.39, 0.29) is 11.8 Å². The third kappa shape index (κ3) is 6.59. The second-order valence-corrected chi connectivity index (χ2v) is 10.0. The smallest absolute Gasteiger partial charge is 0.225 e. The topological polar surface area (TPSA) is 89.1 Å². The van der Waals surface area contributed by atoms with Gasteiger partial charge in [0, 0.05) is 63.2 Å². The number of nitrogens with zero attached hydrogens (tertiary/aromatic N) is 3. The molecule has 1 aliphatic heterocycles. The molecular weight excluding hydrogens is 404 g/mol. The third-order valence-corrected chi connectivity index (χ3v) is 7.48. The summed E-state index contributed by atoms with van der Waals surface area (Å²) in [6.45, 7) is 8.15. The highest BCUT2D eigenvalue weighted by molar-refractivity contribution is 5.81. The molecule has 1 heterocycles. The molecular formula is C24H42N6O2. The first-order chi connectivity index (χ1) is 15.6. The van der Waals surface area contributed by atoms with E-state index in [1.165, 1.54) is 6.42 Å². The van der Waals surface area contributed by atoms with Crippen molar-refractivity contribution >= 4 is 17.8 Å². The molecule has 4 fully saturated rings. The van der Waals surface area contributed by atoms with Gasteiger partial charge in [-0.15, -0.1) is 0 Å². The third-order valence-electron chi connectivity index (χ3n) is 7.48. The van der Waals surface area contributed by atoms with Crippen molar-refractivity contribution in [2.24, 2.45) is 16.8 Å². The highest BCUT2D eigenvalue weighted by atomic mass is 16.2. The molecule has 4 aliphatic rings. The molecule has 3 aliphatic carbocycles. The van der Waals surface area contributed by atoms with Crippen molar-refractivity contribution in [2.45, 2.75) is 76.8 Å². The lowest BCUT2D eigenvalue weighted by Gasteiger charge is -2.38. The minimum absolute atomic E-state index is 0.128. The number of guanidine groups is 1. The molecule has 0 radical (unpaired) electrons. The van der Waals surface area contributed by atoms with Crippen LogP contribution >= 0.6 is 0 Å². The van der Waals surface area contributed by atoms with Gasteiger partial charge in [-0.2, -0.15) is 0 Å². The molecule has 0 aromatic carbocycles. The van der Waals surface area contributed by atoms with Crippen molar-refractivity contribution in [1.29, 1.82) is 0 Å². The first-order valence-electron chi connectivity index (χ1n) is 13.0. The van der Waals surface area contributed by atoms with Crippen LogP contribution in [0.4, 0.5) is 0 Å². The average Bonchev–Trinajstić information content (AvgIpc) is 3.57. The second kappa shape index (κ2) is 11.3. The zero-order valence-corrected chi connectivity index (χ0v) is 19.8. The fourth-order valence-electron chi connectivity index (χ4n) is 5.03. The summed E-state index contributed by atoms with van der Waals surface area (Å²) in [4.78, 5) is 34.2. The van der Waals surface area contributed by atoms with Gasteiger partial charge < -0.3 is 20.9 Å². The quantitative estimate of drug-likeness (QED) is 0.387. The summed E-state index contributed by atoms with van der Waals surface area (Å²) in [6.07, 6.45) is 9.73. The molecule has 180 valence electrons. The summed E-state index contributed by atoms with van der Waals surface area (Å²) < 4.78 is 0. The minimum atomic E-state index is 0.128. The molecule has 0 aromatic heterocycles. The Kier molecular flexibility index (Phi) is 8.27. The normalized spacial score (nSPS) is 27.5. The maximum absolute atomic E-state index is 12.5. The monoisotopic (exact) mass is 446 g/mol.